The van der Waals surface area contributed by atoms with Crippen molar-refractivity contribution >= 4 is 22.8 Å². The average molecular weight is 274 g/mol. The summed E-state index contributed by atoms with van der Waals surface area (Å²) in [6, 6.07) is -0.0823. The molecule has 0 spiro atoms. The number of H-pyrrole nitrogens is 1. The summed E-state index contributed by atoms with van der Waals surface area (Å²) in [5.74, 6) is 7.08. The van der Waals surface area contributed by atoms with E-state index >= 15 is 0 Å². The molecule has 104 valence electrons. The highest BCUT2D eigenvalue weighted by atomic mass is 15.3. The summed E-state index contributed by atoms with van der Waals surface area (Å²) in [6.45, 7) is 1.97. The fourth-order valence-corrected chi connectivity index (χ4v) is 1.96. The Morgan fingerprint density at radius 3 is 2.95 bits per heavy atom. The normalized spacial score (nSPS) is 12.6. The van der Waals surface area contributed by atoms with Crippen LogP contribution in [-0.4, -0.2) is 34.9 Å². The van der Waals surface area contributed by atoms with Crippen molar-refractivity contribution in [2.24, 2.45) is 12.9 Å². The molecule has 0 radical (unpaired) electrons. The highest BCUT2D eigenvalue weighted by molar-refractivity contribution is 5.87. The van der Waals surface area contributed by atoms with Crippen LogP contribution in [0.1, 0.15) is 18.8 Å². The second-order valence-corrected chi connectivity index (χ2v) is 4.34. The third-order valence-electron chi connectivity index (χ3n) is 2.93. The minimum Gasteiger partial charge on any atom is -0.360 e. The van der Waals surface area contributed by atoms with Gasteiger partial charge >= 0.3 is 0 Å². The van der Waals surface area contributed by atoms with Crippen molar-refractivity contribution in [2.75, 3.05) is 10.7 Å². The molecule has 10 nitrogen and oxygen atoms in total. The molecule has 3 aromatic heterocycles. The third-order valence-corrected chi connectivity index (χ3v) is 2.93. The van der Waals surface area contributed by atoms with E-state index in [-0.39, 0.29) is 6.04 Å². The van der Waals surface area contributed by atoms with E-state index in [9.17, 15) is 0 Å². The van der Waals surface area contributed by atoms with Crippen LogP contribution in [0, 0.1) is 0 Å². The Labute approximate surface area is 113 Å². The summed E-state index contributed by atoms with van der Waals surface area (Å²) in [5, 5.41) is 18.7. The molecular weight excluding hydrogens is 260 g/mol. The van der Waals surface area contributed by atoms with Gasteiger partial charge in [0.05, 0.1) is 17.6 Å². The lowest BCUT2D eigenvalue weighted by atomic mass is 10.3. The van der Waals surface area contributed by atoms with Gasteiger partial charge < -0.3 is 9.88 Å². The Morgan fingerprint density at radius 2 is 2.25 bits per heavy atom. The monoisotopic (exact) mass is 274 g/mol. The third kappa shape index (κ3) is 2.01. The molecule has 5 N–H and O–H groups in total. The van der Waals surface area contributed by atoms with Crippen LogP contribution in [-0.2, 0) is 7.05 Å². The van der Waals surface area contributed by atoms with Gasteiger partial charge in [-0.3, -0.25) is 10.5 Å². The quantitative estimate of drug-likeness (QED) is 0.384. The number of hydrogen-bond acceptors (Lipinski definition) is 8. The predicted molar refractivity (Wildman–Crippen MR) is 72.5 cm³/mol. The van der Waals surface area contributed by atoms with E-state index in [1.807, 2.05) is 18.5 Å². The Bertz CT molecular complexity index is 729. The topological polar surface area (TPSA) is 135 Å². The zero-order valence-corrected chi connectivity index (χ0v) is 11.0. The predicted octanol–water partition coefficient (Wildman–Crippen LogP) is -0.0599. The maximum absolute atomic E-state index is 5.36. The highest BCUT2D eigenvalue weighted by Crippen LogP contribution is 2.23. The molecule has 0 amide bonds. The van der Waals surface area contributed by atoms with Crippen molar-refractivity contribution in [3.8, 4) is 0 Å². The van der Waals surface area contributed by atoms with Crippen LogP contribution in [0.15, 0.2) is 12.5 Å². The molecule has 0 aliphatic carbocycles. The van der Waals surface area contributed by atoms with Crippen LogP contribution >= 0.6 is 0 Å². The van der Waals surface area contributed by atoms with Gasteiger partial charge in [0.2, 0.25) is 5.95 Å². The fraction of sp³-hybridized carbons (Fsp3) is 0.300. The van der Waals surface area contributed by atoms with Gasteiger partial charge in [0.15, 0.2) is 11.5 Å². The van der Waals surface area contributed by atoms with Crippen molar-refractivity contribution in [3.63, 3.8) is 0 Å². The van der Waals surface area contributed by atoms with E-state index in [2.05, 4.69) is 41.1 Å². The lowest BCUT2D eigenvalue weighted by Gasteiger charge is -2.14. The van der Waals surface area contributed by atoms with Crippen LogP contribution in [0.2, 0.25) is 0 Å². The highest BCUT2D eigenvalue weighted by Gasteiger charge is 2.15. The summed E-state index contributed by atoms with van der Waals surface area (Å²) in [5.41, 5.74) is 3.02. The summed E-state index contributed by atoms with van der Waals surface area (Å²) in [7, 11) is 1.88. The van der Waals surface area contributed by atoms with Gasteiger partial charge in [-0.1, -0.05) is 0 Å². The number of aromatic nitrogens is 7. The maximum atomic E-state index is 5.36. The second kappa shape index (κ2) is 4.74. The number of anilines is 2. The first-order chi connectivity index (χ1) is 9.69. The fourth-order valence-electron chi connectivity index (χ4n) is 1.96. The van der Waals surface area contributed by atoms with Crippen LogP contribution in [0.4, 0.5) is 11.8 Å². The van der Waals surface area contributed by atoms with Crippen LogP contribution in [0.5, 0.6) is 0 Å². The molecule has 1 atom stereocenters. The van der Waals surface area contributed by atoms with E-state index in [0.29, 0.717) is 17.4 Å². The molecule has 10 heteroatoms. The molecule has 1 unspecified atom stereocenters. The maximum Gasteiger partial charge on any atom is 0.241 e. The molecule has 3 rings (SSSR count). The Morgan fingerprint density at radius 1 is 1.40 bits per heavy atom. The molecule has 0 aromatic carbocycles. The van der Waals surface area contributed by atoms with Gasteiger partial charge in [0, 0.05) is 7.05 Å². The molecule has 0 fully saturated rings. The number of aryl methyl sites for hydroxylation is 1. The molecule has 20 heavy (non-hydrogen) atoms. The van der Waals surface area contributed by atoms with Crippen LogP contribution in [0.3, 0.4) is 0 Å². The molecule has 0 aliphatic heterocycles. The second-order valence-electron chi connectivity index (χ2n) is 4.34. The van der Waals surface area contributed by atoms with Crippen LogP contribution < -0.4 is 16.6 Å². The van der Waals surface area contributed by atoms with Gasteiger partial charge in [0.25, 0.3) is 0 Å². The van der Waals surface area contributed by atoms with E-state index in [4.69, 9.17) is 5.84 Å². The van der Waals surface area contributed by atoms with Gasteiger partial charge in [0.1, 0.15) is 12.1 Å². The molecule has 3 heterocycles. The van der Waals surface area contributed by atoms with Crippen molar-refractivity contribution < 1.29 is 0 Å². The van der Waals surface area contributed by atoms with Crippen molar-refractivity contribution in [1.82, 2.24) is 34.9 Å². The Hall–Kier alpha value is -2.75. The zero-order chi connectivity index (χ0) is 14.1. The minimum atomic E-state index is -0.0823. The molecule has 0 saturated carbocycles. The van der Waals surface area contributed by atoms with E-state index in [0.717, 1.165) is 11.2 Å². The van der Waals surface area contributed by atoms with Crippen molar-refractivity contribution in [1.29, 1.82) is 0 Å². The van der Waals surface area contributed by atoms with Crippen LogP contribution in [0.25, 0.3) is 11.0 Å². The Balaban J connectivity index is 1.97. The van der Waals surface area contributed by atoms with Gasteiger partial charge in [-0.05, 0) is 6.92 Å². The zero-order valence-electron chi connectivity index (χ0n) is 11.0. The molecule has 3 aromatic rings. The molecular formula is C10H14N10. The van der Waals surface area contributed by atoms with E-state index < -0.39 is 0 Å². The summed E-state index contributed by atoms with van der Waals surface area (Å²) in [4.78, 5) is 8.46. The number of rotatable bonds is 4. The van der Waals surface area contributed by atoms with Crippen molar-refractivity contribution in [3.05, 3.63) is 18.3 Å². The van der Waals surface area contributed by atoms with Crippen molar-refractivity contribution in [2.45, 2.75) is 13.0 Å². The number of nitrogens with zero attached hydrogens (tertiary/aromatic N) is 6. The first kappa shape index (κ1) is 12.3. The minimum absolute atomic E-state index is 0.0823. The lowest BCUT2D eigenvalue weighted by molar-refractivity contribution is 0.717. The van der Waals surface area contributed by atoms with Gasteiger partial charge in [-0.25, -0.2) is 5.84 Å². The number of hydrogen-bond donors (Lipinski definition) is 4. The number of aromatic amines is 1. The Kier molecular flexibility index (Phi) is 2.91. The summed E-state index contributed by atoms with van der Waals surface area (Å²) in [6.07, 6.45) is 3.30. The lowest BCUT2D eigenvalue weighted by Crippen LogP contribution is -2.15. The van der Waals surface area contributed by atoms with E-state index in [1.165, 1.54) is 0 Å². The SMILES string of the molecule is CC(Nc1nc(NN)nc2[nH]ncc12)c1nncn1C. The number of nitrogens with one attached hydrogen (secondary N) is 3. The molecule has 0 aliphatic rings. The molecule has 0 saturated heterocycles. The summed E-state index contributed by atoms with van der Waals surface area (Å²) >= 11 is 0. The van der Waals surface area contributed by atoms with Gasteiger partial charge in [-0.15, -0.1) is 10.2 Å². The largest absolute Gasteiger partial charge is 0.360 e. The molecule has 0 bridgehead atoms. The van der Waals surface area contributed by atoms with Gasteiger partial charge in [-0.2, -0.15) is 15.1 Å². The number of fused-ring (bicyclic) bond motifs is 1. The number of nitrogens with two attached hydrogens (primary N) is 1. The smallest absolute Gasteiger partial charge is 0.241 e. The van der Waals surface area contributed by atoms with E-state index in [1.54, 1.807) is 12.5 Å². The average Bonchev–Trinajstić information content (AvgIpc) is 3.06. The number of nitrogen functional groups attached to an aromatic ring is 1. The first-order valence-corrected chi connectivity index (χ1v) is 5.97. The summed E-state index contributed by atoms with van der Waals surface area (Å²) < 4.78 is 1.84. The first-order valence-electron chi connectivity index (χ1n) is 5.97. The number of hydrazine groups is 1. The standard InChI is InChI=1S/C10H14N10/c1-5(9-19-13-4-20(9)2)14-7-6-3-12-18-8(6)16-10(15-7)17-11/h3-5H,11H2,1-2H3,(H3,12,14,15,16,17,18).